The third-order valence-electron chi connectivity index (χ3n) is 9.26. The second kappa shape index (κ2) is 14.3. The predicted molar refractivity (Wildman–Crippen MR) is 203 cm³/mol. The molecule has 0 N–H and O–H groups in total. The van der Waals surface area contributed by atoms with Gasteiger partial charge in [0.05, 0.1) is 5.69 Å². The summed E-state index contributed by atoms with van der Waals surface area (Å²) in [5.74, 6) is 2.05. The second-order valence-electron chi connectivity index (χ2n) is 12.4. The van der Waals surface area contributed by atoms with E-state index in [0.29, 0.717) is 11.5 Å². The van der Waals surface area contributed by atoms with Crippen LogP contribution in [0.2, 0.25) is 0 Å². The Bertz CT molecular complexity index is 2600. The van der Waals surface area contributed by atoms with Crippen LogP contribution in [0, 0.1) is 18.5 Å². The predicted octanol–water partition coefficient (Wildman–Crippen LogP) is 10.3. The number of para-hydroxylation sites is 2. The molecule has 5 nitrogen and oxygen atoms in total. The number of aromatic nitrogens is 4. The first-order chi connectivity index (χ1) is 25.2. The first-order valence-electron chi connectivity index (χ1n) is 17.1. The molecule has 52 heavy (non-hydrogen) atoms. The summed E-state index contributed by atoms with van der Waals surface area (Å²) >= 11 is 0. The molecule has 0 atom stereocenters. The minimum Gasteiger partial charge on any atom is -0.510 e. The number of imidazole rings is 1. The van der Waals surface area contributed by atoms with Crippen molar-refractivity contribution in [1.29, 1.82) is 0 Å². The normalized spacial score (nSPS) is 11.1. The molecule has 0 radical (unpaired) electrons. The van der Waals surface area contributed by atoms with E-state index in [1.807, 2.05) is 59.6 Å². The first kappa shape index (κ1) is 33.1. The fourth-order valence-electron chi connectivity index (χ4n) is 6.81. The summed E-state index contributed by atoms with van der Waals surface area (Å²) in [7, 11) is 0. The molecule has 3 aromatic heterocycles. The zero-order valence-electron chi connectivity index (χ0n) is 28.3. The van der Waals surface area contributed by atoms with Crippen molar-refractivity contribution >= 4 is 21.8 Å². The van der Waals surface area contributed by atoms with Gasteiger partial charge in [0, 0.05) is 56.7 Å². The van der Waals surface area contributed by atoms with E-state index in [0.717, 1.165) is 67.7 Å². The number of fused-ring (bicyclic) bond motifs is 3. The van der Waals surface area contributed by atoms with E-state index in [9.17, 15) is 0 Å². The van der Waals surface area contributed by atoms with Crippen molar-refractivity contribution in [2.75, 3.05) is 0 Å². The number of hydrogen-bond acceptors (Lipinski definition) is 2. The first-order valence-corrected chi connectivity index (χ1v) is 17.1. The van der Waals surface area contributed by atoms with Crippen LogP contribution in [0.25, 0.3) is 61.3 Å². The molecule has 3 heterocycles. The fraction of sp³-hybridized carbons (Fsp3) is 0.0435. The summed E-state index contributed by atoms with van der Waals surface area (Å²) in [6.45, 7) is 2.16. The van der Waals surface area contributed by atoms with E-state index in [2.05, 4.69) is 144 Å². The van der Waals surface area contributed by atoms with Gasteiger partial charge in [-0.2, -0.15) is 18.2 Å². The molecule has 0 fully saturated rings. The minimum absolute atomic E-state index is 0. The van der Waals surface area contributed by atoms with Crippen LogP contribution < -0.4 is 9.30 Å². The number of aryl methyl sites for hydroxylation is 1. The quantitative estimate of drug-likeness (QED) is 0.113. The summed E-state index contributed by atoms with van der Waals surface area (Å²) in [5, 5.41) is 2.24. The summed E-state index contributed by atoms with van der Waals surface area (Å²) in [6, 6.07) is 57.0. The molecule has 0 spiro atoms. The fourth-order valence-corrected chi connectivity index (χ4v) is 6.81. The largest absolute Gasteiger partial charge is 0.510 e. The van der Waals surface area contributed by atoms with Crippen LogP contribution >= 0.6 is 0 Å². The molecule has 254 valence electrons. The average Bonchev–Trinajstić information content (AvgIpc) is 3.82. The SMILES string of the molecule is CCc1ccnc(-n2c3[c-]c(Oc4[c-]c(-n5[c-][n+](-c6c(-c7ccccc7)cccc6-c6ccccc6)cc5)ccc4)ccc3c3ccccc32)c1.[Pt]. The van der Waals surface area contributed by atoms with Crippen LogP contribution in [-0.2, 0) is 27.5 Å². The van der Waals surface area contributed by atoms with Crippen LogP contribution in [0.3, 0.4) is 0 Å². The molecule has 0 saturated heterocycles. The summed E-state index contributed by atoms with van der Waals surface area (Å²) in [5.41, 5.74) is 9.61. The van der Waals surface area contributed by atoms with E-state index in [4.69, 9.17) is 9.72 Å². The van der Waals surface area contributed by atoms with E-state index < -0.39 is 0 Å². The third-order valence-corrected chi connectivity index (χ3v) is 9.26. The molecule has 0 amide bonds. The smallest absolute Gasteiger partial charge is 0.267 e. The summed E-state index contributed by atoms with van der Waals surface area (Å²) in [4.78, 5) is 4.75. The van der Waals surface area contributed by atoms with Gasteiger partial charge in [0.1, 0.15) is 5.82 Å². The van der Waals surface area contributed by atoms with Crippen molar-refractivity contribution in [2.45, 2.75) is 13.3 Å². The molecule has 0 saturated carbocycles. The Morgan fingerprint density at radius 3 is 2.12 bits per heavy atom. The van der Waals surface area contributed by atoms with Gasteiger partial charge in [-0.25, -0.2) is 4.98 Å². The molecule has 6 heteroatoms. The molecule has 0 aliphatic carbocycles. The maximum atomic E-state index is 6.45. The maximum Gasteiger partial charge on any atom is 0.267 e. The zero-order chi connectivity index (χ0) is 34.1. The minimum atomic E-state index is 0. The van der Waals surface area contributed by atoms with Crippen LogP contribution in [-0.4, -0.2) is 14.1 Å². The van der Waals surface area contributed by atoms with Crippen LogP contribution in [0.4, 0.5) is 0 Å². The van der Waals surface area contributed by atoms with E-state index in [1.165, 1.54) is 5.56 Å². The number of nitrogens with zero attached hydrogens (tertiary/aromatic N) is 4. The summed E-state index contributed by atoms with van der Waals surface area (Å²) in [6.07, 6.45) is 10.4. The van der Waals surface area contributed by atoms with Gasteiger partial charge in [-0.05, 0) is 63.5 Å². The Hall–Kier alpha value is -6.03. The molecule has 0 unspecified atom stereocenters. The van der Waals surface area contributed by atoms with Gasteiger partial charge in [0.25, 0.3) is 6.33 Å². The van der Waals surface area contributed by atoms with Gasteiger partial charge in [-0.3, -0.25) is 4.57 Å². The van der Waals surface area contributed by atoms with Crippen LogP contribution in [0.1, 0.15) is 12.5 Å². The zero-order valence-corrected chi connectivity index (χ0v) is 30.6. The van der Waals surface area contributed by atoms with Crippen molar-refractivity contribution in [3.63, 3.8) is 0 Å². The molecular weight excluding hydrogens is 820 g/mol. The van der Waals surface area contributed by atoms with Crippen LogP contribution in [0.15, 0.2) is 164 Å². The number of pyridine rings is 1. The van der Waals surface area contributed by atoms with Crippen LogP contribution in [0.5, 0.6) is 11.5 Å². The van der Waals surface area contributed by atoms with Crippen molar-refractivity contribution < 1.29 is 30.4 Å². The Morgan fingerprint density at radius 1 is 0.673 bits per heavy atom. The van der Waals surface area contributed by atoms with Gasteiger partial charge in [-0.1, -0.05) is 110 Å². The number of rotatable bonds is 8. The number of benzene rings is 6. The molecule has 0 aliphatic rings. The van der Waals surface area contributed by atoms with E-state index in [1.54, 1.807) is 0 Å². The Morgan fingerprint density at radius 2 is 1.37 bits per heavy atom. The van der Waals surface area contributed by atoms with Gasteiger partial charge in [0.15, 0.2) is 0 Å². The topological polar surface area (TPSA) is 35.9 Å². The van der Waals surface area contributed by atoms with Crippen molar-refractivity contribution in [1.82, 2.24) is 14.1 Å². The maximum absolute atomic E-state index is 6.45. The Kier molecular flexibility index (Phi) is 9.11. The van der Waals surface area contributed by atoms with E-state index >= 15 is 0 Å². The standard InChI is InChI=1S/C46H32N4O.Pt/c1-2-33-25-26-47-45(29-33)50-43-22-10-9-19-41(43)42-24-23-38(31-44(42)50)51-37-18-11-17-36(30-37)48-27-28-49(32-48)46-39(34-13-5-3-6-14-34)20-12-21-40(46)35-15-7-4-8-16-35;/h3-29H,2H2,1H3;/q-2;. The van der Waals surface area contributed by atoms with E-state index in [-0.39, 0.29) is 21.1 Å². The third kappa shape index (κ3) is 6.14. The molecule has 9 aromatic rings. The van der Waals surface area contributed by atoms with Gasteiger partial charge in [0.2, 0.25) is 0 Å². The van der Waals surface area contributed by atoms with Crippen molar-refractivity contribution in [2.24, 2.45) is 0 Å². The van der Waals surface area contributed by atoms with Crippen molar-refractivity contribution in [3.05, 3.63) is 188 Å². The Balaban J connectivity index is 0.00000387. The molecule has 9 rings (SSSR count). The molecule has 0 bridgehead atoms. The monoisotopic (exact) mass is 851 g/mol. The van der Waals surface area contributed by atoms with Gasteiger partial charge < -0.3 is 13.9 Å². The average molecular weight is 852 g/mol. The summed E-state index contributed by atoms with van der Waals surface area (Å²) < 4.78 is 12.6. The van der Waals surface area contributed by atoms with Crippen molar-refractivity contribution in [3.8, 4) is 50.9 Å². The molecule has 0 aliphatic heterocycles. The number of ether oxygens (including phenoxy) is 1. The molecule has 6 aromatic carbocycles. The second-order valence-corrected chi connectivity index (χ2v) is 12.4. The van der Waals surface area contributed by atoms with Gasteiger partial charge >= 0.3 is 0 Å². The molecular formula is C46H32N4OPt-2. The number of hydrogen-bond donors (Lipinski definition) is 0. The van der Waals surface area contributed by atoms with Gasteiger partial charge in [-0.15, -0.1) is 29.7 Å². The Labute approximate surface area is 317 Å².